The summed E-state index contributed by atoms with van der Waals surface area (Å²) < 4.78 is 34.0. The summed E-state index contributed by atoms with van der Waals surface area (Å²) in [6.07, 6.45) is 3.26. The molecule has 0 aromatic rings. The molecule has 0 radical (unpaired) electrons. The normalized spacial score (nSPS) is 25.2. The monoisotopic (exact) mass is 291 g/mol. The lowest BCUT2D eigenvalue weighted by molar-refractivity contribution is 0.0217. The third-order valence-corrected chi connectivity index (χ3v) is 5.85. The van der Waals surface area contributed by atoms with E-state index in [0.29, 0.717) is 26.2 Å². The van der Waals surface area contributed by atoms with Crippen LogP contribution >= 0.6 is 0 Å². The second kappa shape index (κ2) is 6.05. The Morgan fingerprint density at radius 3 is 2.32 bits per heavy atom. The molecule has 6 nitrogen and oxygen atoms in total. The van der Waals surface area contributed by atoms with Crippen molar-refractivity contribution in [3.8, 4) is 0 Å². The molecule has 1 aliphatic carbocycles. The Hall–Kier alpha value is -0.210. The average molecular weight is 291 g/mol. The molecule has 2 rings (SSSR count). The van der Waals surface area contributed by atoms with Gasteiger partial charge in [-0.2, -0.15) is 12.7 Å². The van der Waals surface area contributed by atoms with Crippen LogP contribution in [-0.4, -0.2) is 71.1 Å². The Morgan fingerprint density at radius 2 is 1.84 bits per heavy atom. The van der Waals surface area contributed by atoms with E-state index in [1.807, 2.05) is 7.05 Å². The molecule has 7 heteroatoms. The maximum absolute atomic E-state index is 12.2. The van der Waals surface area contributed by atoms with Crippen LogP contribution in [0.4, 0.5) is 0 Å². The summed E-state index contributed by atoms with van der Waals surface area (Å²) in [7, 11) is 0.356. The van der Waals surface area contributed by atoms with Crippen LogP contribution in [0.3, 0.4) is 0 Å². The summed E-state index contributed by atoms with van der Waals surface area (Å²) in [5.74, 6) is 0. The topological polar surface area (TPSA) is 61.9 Å². The van der Waals surface area contributed by atoms with Gasteiger partial charge in [0.15, 0.2) is 0 Å². The number of nitrogens with one attached hydrogen (secondary N) is 1. The molecule has 0 amide bonds. The van der Waals surface area contributed by atoms with Gasteiger partial charge in [0.25, 0.3) is 10.2 Å². The molecule has 0 bridgehead atoms. The first-order valence-corrected chi connectivity index (χ1v) is 8.34. The molecule has 2 aliphatic rings. The predicted octanol–water partition coefficient (Wildman–Crippen LogP) is -0.115. The minimum absolute atomic E-state index is 0.0222. The Kier molecular flexibility index (Phi) is 4.84. The molecular weight excluding hydrogens is 266 g/mol. The fourth-order valence-electron chi connectivity index (χ4n) is 2.72. The minimum atomic E-state index is -3.33. The number of rotatable bonds is 6. The first kappa shape index (κ1) is 15.2. The highest BCUT2D eigenvalue weighted by Crippen LogP contribution is 2.40. The molecule has 112 valence electrons. The highest BCUT2D eigenvalue weighted by Gasteiger charge is 2.38. The molecule has 0 aromatic carbocycles. The van der Waals surface area contributed by atoms with Crippen molar-refractivity contribution in [2.45, 2.75) is 19.3 Å². The third-order valence-electron chi connectivity index (χ3n) is 4.30. The van der Waals surface area contributed by atoms with Crippen LogP contribution in [0.2, 0.25) is 0 Å². The number of hydrogen-bond acceptors (Lipinski definition) is 4. The lowest BCUT2D eigenvalue weighted by atomic mass is 9.69. The Labute approximate surface area is 116 Å². The molecule has 2 fully saturated rings. The highest BCUT2D eigenvalue weighted by atomic mass is 32.2. The van der Waals surface area contributed by atoms with Crippen molar-refractivity contribution in [1.82, 2.24) is 13.9 Å². The van der Waals surface area contributed by atoms with E-state index >= 15 is 0 Å². The third kappa shape index (κ3) is 3.66. The van der Waals surface area contributed by atoms with Crippen molar-refractivity contribution in [3.05, 3.63) is 0 Å². The zero-order valence-corrected chi connectivity index (χ0v) is 12.7. The predicted molar refractivity (Wildman–Crippen MR) is 74.2 cm³/mol. The Bertz CT molecular complexity index is 387. The van der Waals surface area contributed by atoms with E-state index in [2.05, 4.69) is 9.62 Å². The van der Waals surface area contributed by atoms with Crippen LogP contribution in [-0.2, 0) is 14.9 Å². The van der Waals surface area contributed by atoms with Gasteiger partial charge in [-0.15, -0.1) is 0 Å². The van der Waals surface area contributed by atoms with Crippen molar-refractivity contribution in [3.63, 3.8) is 0 Å². The second-order valence-electron chi connectivity index (χ2n) is 5.82. The number of methoxy groups -OCH3 is 1. The van der Waals surface area contributed by atoms with Gasteiger partial charge in [0.1, 0.15) is 0 Å². The van der Waals surface area contributed by atoms with Crippen molar-refractivity contribution in [1.29, 1.82) is 0 Å². The summed E-state index contributed by atoms with van der Waals surface area (Å²) in [5.41, 5.74) is 0.0222. The van der Waals surface area contributed by atoms with Gasteiger partial charge in [-0.05, 0) is 19.9 Å². The van der Waals surface area contributed by atoms with Gasteiger partial charge in [-0.3, -0.25) is 0 Å². The second-order valence-corrected chi connectivity index (χ2v) is 7.57. The van der Waals surface area contributed by atoms with Gasteiger partial charge in [-0.1, -0.05) is 6.42 Å². The van der Waals surface area contributed by atoms with Crippen LogP contribution in [0.15, 0.2) is 0 Å². The fourth-order valence-corrected chi connectivity index (χ4v) is 4.03. The van der Waals surface area contributed by atoms with Gasteiger partial charge in [-0.25, -0.2) is 4.72 Å². The first-order valence-electron chi connectivity index (χ1n) is 6.90. The van der Waals surface area contributed by atoms with E-state index in [9.17, 15) is 8.42 Å². The van der Waals surface area contributed by atoms with Crippen molar-refractivity contribution in [2.75, 3.05) is 53.5 Å². The van der Waals surface area contributed by atoms with Gasteiger partial charge in [0.2, 0.25) is 0 Å². The van der Waals surface area contributed by atoms with Crippen molar-refractivity contribution < 1.29 is 13.2 Å². The van der Waals surface area contributed by atoms with E-state index < -0.39 is 10.2 Å². The number of piperazine rings is 1. The molecule has 0 aromatic heterocycles. The van der Waals surface area contributed by atoms with Crippen LogP contribution in [0.1, 0.15) is 19.3 Å². The maximum Gasteiger partial charge on any atom is 0.279 e. The Morgan fingerprint density at radius 1 is 1.21 bits per heavy atom. The van der Waals surface area contributed by atoms with Gasteiger partial charge >= 0.3 is 0 Å². The van der Waals surface area contributed by atoms with Gasteiger partial charge < -0.3 is 9.64 Å². The first-order chi connectivity index (χ1) is 8.97. The minimum Gasteiger partial charge on any atom is -0.384 e. The summed E-state index contributed by atoms with van der Waals surface area (Å²) in [5, 5.41) is 0. The van der Waals surface area contributed by atoms with Crippen molar-refractivity contribution in [2.24, 2.45) is 5.41 Å². The summed E-state index contributed by atoms with van der Waals surface area (Å²) in [4.78, 5) is 2.14. The van der Waals surface area contributed by atoms with E-state index in [1.54, 1.807) is 11.4 Å². The van der Waals surface area contributed by atoms with Gasteiger partial charge in [0.05, 0.1) is 6.61 Å². The van der Waals surface area contributed by atoms with Crippen LogP contribution in [0, 0.1) is 5.41 Å². The molecule has 1 N–H and O–H groups in total. The smallest absolute Gasteiger partial charge is 0.279 e. The molecule has 1 heterocycles. The summed E-state index contributed by atoms with van der Waals surface area (Å²) in [6.45, 7) is 3.87. The molecule has 1 saturated heterocycles. The van der Waals surface area contributed by atoms with E-state index in [1.165, 1.54) is 6.42 Å². The lowest BCUT2D eigenvalue weighted by Crippen LogP contribution is -2.53. The molecule has 1 aliphatic heterocycles. The highest BCUT2D eigenvalue weighted by molar-refractivity contribution is 7.87. The van der Waals surface area contributed by atoms with E-state index in [-0.39, 0.29) is 5.41 Å². The number of likely N-dealkylation sites (N-methyl/N-ethyl adjacent to an activating group) is 1. The fraction of sp³-hybridized carbons (Fsp3) is 1.00. The molecule has 19 heavy (non-hydrogen) atoms. The summed E-state index contributed by atoms with van der Waals surface area (Å²) in [6, 6.07) is 0. The average Bonchev–Trinajstić information content (AvgIpc) is 2.33. The van der Waals surface area contributed by atoms with E-state index in [0.717, 1.165) is 25.9 Å². The number of nitrogens with zero attached hydrogens (tertiary/aromatic N) is 2. The van der Waals surface area contributed by atoms with Gasteiger partial charge in [0, 0.05) is 45.2 Å². The Balaban J connectivity index is 1.87. The lowest BCUT2D eigenvalue weighted by Gasteiger charge is -2.42. The maximum atomic E-state index is 12.2. The zero-order chi connectivity index (χ0) is 13.9. The molecule has 0 atom stereocenters. The number of ether oxygens (including phenoxy) is 1. The zero-order valence-electron chi connectivity index (χ0n) is 11.9. The van der Waals surface area contributed by atoms with Crippen LogP contribution < -0.4 is 4.72 Å². The quantitative estimate of drug-likeness (QED) is 0.741. The molecule has 1 saturated carbocycles. The largest absolute Gasteiger partial charge is 0.384 e. The molecule has 0 spiro atoms. The van der Waals surface area contributed by atoms with Crippen LogP contribution in [0.5, 0.6) is 0 Å². The van der Waals surface area contributed by atoms with E-state index in [4.69, 9.17) is 4.74 Å². The van der Waals surface area contributed by atoms with Crippen molar-refractivity contribution >= 4 is 10.2 Å². The number of hydrogen-bond donors (Lipinski definition) is 1. The van der Waals surface area contributed by atoms with Crippen LogP contribution in [0.25, 0.3) is 0 Å². The molecular formula is C12H25N3O3S. The summed E-state index contributed by atoms with van der Waals surface area (Å²) >= 11 is 0. The SMILES string of the molecule is COCC1(CNS(=O)(=O)N2CCN(C)CC2)CCC1. The molecule has 0 unspecified atom stereocenters. The standard InChI is InChI=1S/C12H25N3O3S/c1-14-6-8-15(9-7-14)19(16,17)13-10-12(11-18-2)4-3-5-12/h13H,3-11H2,1-2H3.